The molecule has 156 valence electrons. The predicted molar refractivity (Wildman–Crippen MR) is 108 cm³/mol. The third-order valence-corrected chi connectivity index (χ3v) is 5.36. The SMILES string of the molecule is O=C(Cn1ccc2ccccc2c1=O)N1CCN(c2cccc(C(F)(F)F)c2)CC1. The molecule has 1 fully saturated rings. The van der Waals surface area contributed by atoms with Crippen LogP contribution in [0.3, 0.4) is 0 Å². The zero-order valence-corrected chi connectivity index (χ0v) is 16.1. The van der Waals surface area contributed by atoms with Gasteiger partial charge < -0.3 is 14.4 Å². The molecule has 1 aliphatic rings. The van der Waals surface area contributed by atoms with E-state index in [4.69, 9.17) is 0 Å². The van der Waals surface area contributed by atoms with Crippen LogP contribution < -0.4 is 10.5 Å². The lowest BCUT2D eigenvalue weighted by Gasteiger charge is -2.36. The Bertz CT molecular complexity index is 1130. The minimum absolute atomic E-state index is 0.0623. The largest absolute Gasteiger partial charge is 0.416 e. The van der Waals surface area contributed by atoms with Crippen LogP contribution in [0.5, 0.6) is 0 Å². The maximum Gasteiger partial charge on any atom is 0.416 e. The van der Waals surface area contributed by atoms with E-state index in [-0.39, 0.29) is 18.0 Å². The Morgan fingerprint density at radius 2 is 1.67 bits per heavy atom. The summed E-state index contributed by atoms with van der Waals surface area (Å²) in [6.07, 6.45) is -2.78. The van der Waals surface area contributed by atoms with Gasteiger partial charge in [-0.3, -0.25) is 9.59 Å². The Kier molecular flexibility index (Phi) is 5.24. The summed E-state index contributed by atoms with van der Waals surface area (Å²) in [4.78, 5) is 28.8. The number of amides is 1. The van der Waals surface area contributed by atoms with Crippen LogP contribution in [0.4, 0.5) is 18.9 Å². The van der Waals surface area contributed by atoms with E-state index < -0.39 is 11.7 Å². The standard InChI is InChI=1S/C22H20F3N3O2/c23-22(24,25)17-5-3-6-18(14-17)26-10-12-27(13-11-26)20(29)15-28-9-8-16-4-1-2-7-19(16)21(28)30/h1-9,14H,10-13,15H2. The van der Waals surface area contributed by atoms with Crippen molar-refractivity contribution in [2.45, 2.75) is 12.7 Å². The van der Waals surface area contributed by atoms with E-state index in [9.17, 15) is 22.8 Å². The average molecular weight is 415 g/mol. The van der Waals surface area contributed by atoms with Gasteiger partial charge in [-0.1, -0.05) is 24.3 Å². The molecule has 0 aliphatic carbocycles. The first kappa shape index (κ1) is 20.0. The molecule has 8 heteroatoms. The summed E-state index contributed by atoms with van der Waals surface area (Å²) in [5, 5.41) is 1.38. The van der Waals surface area contributed by atoms with Crippen molar-refractivity contribution in [2.24, 2.45) is 0 Å². The topological polar surface area (TPSA) is 45.6 Å². The smallest absolute Gasteiger partial charge is 0.368 e. The van der Waals surface area contributed by atoms with Gasteiger partial charge in [-0.15, -0.1) is 0 Å². The maximum atomic E-state index is 12.9. The summed E-state index contributed by atoms with van der Waals surface area (Å²) in [6, 6.07) is 14.2. The maximum absolute atomic E-state index is 12.9. The number of carbonyl (C=O) groups is 1. The number of fused-ring (bicyclic) bond motifs is 1. The second kappa shape index (κ2) is 7.85. The van der Waals surface area contributed by atoms with Gasteiger partial charge in [0.05, 0.1) is 5.56 Å². The highest BCUT2D eigenvalue weighted by molar-refractivity contribution is 5.82. The van der Waals surface area contributed by atoms with E-state index in [2.05, 4.69) is 0 Å². The fourth-order valence-electron chi connectivity index (χ4n) is 3.69. The summed E-state index contributed by atoms with van der Waals surface area (Å²) in [6.45, 7) is 1.57. The number of rotatable bonds is 3. The van der Waals surface area contributed by atoms with E-state index in [1.54, 1.807) is 35.4 Å². The molecule has 4 rings (SSSR count). The van der Waals surface area contributed by atoms with Gasteiger partial charge in [0.25, 0.3) is 5.56 Å². The molecule has 0 saturated carbocycles. The number of benzene rings is 2. The molecular formula is C22H20F3N3O2. The van der Waals surface area contributed by atoms with Crippen molar-refractivity contribution in [3.8, 4) is 0 Å². The molecule has 0 unspecified atom stereocenters. The third-order valence-electron chi connectivity index (χ3n) is 5.36. The monoisotopic (exact) mass is 415 g/mol. The fourth-order valence-corrected chi connectivity index (χ4v) is 3.69. The number of pyridine rings is 1. The second-order valence-electron chi connectivity index (χ2n) is 7.25. The van der Waals surface area contributed by atoms with Crippen molar-refractivity contribution in [3.63, 3.8) is 0 Å². The lowest BCUT2D eigenvalue weighted by Crippen LogP contribution is -2.50. The first-order valence-electron chi connectivity index (χ1n) is 9.61. The molecule has 2 aromatic carbocycles. The normalized spacial score (nSPS) is 14.9. The van der Waals surface area contributed by atoms with Gasteiger partial charge in [0.2, 0.25) is 5.91 Å². The first-order chi connectivity index (χ1) is 14.3. The summed E-state index contributed by atoms with van der Waals surface area (Å²) in [5.41, 5.74) is -0.416. The molecule has 0 radical (unpaired) electrons. The van der Waals surface area contributed by atoms with Crippen LogP contribution in [0.1, 0.15) is 5.56 Å². The van der Waals surface area contributed by atoms with E-state index in [0.717, 1.165) is 17.5 Å². The lowest BCUT2D eigenvalue weighted by atomic mass is 10.1. The molecule has 5 nitrogen and oxygen atoms in total. The van der Waals surface area contributed by atoms with Crippen LogP contribution in [-0.4, -0.2) is 41.6 Å². The highest BCUT2D eigenvalue weighted by atomic mass is 19.4. The Morgan fingerprint density at radius 1 is 0.933 bits per heavy atom. The highest BCUT2D eigenvalue weighted by Gasteiger charge is 2.31. The minimum Gasteiger partial charge on any atom is -0.368 e. The van der Waals surface area contributed by atoms with E-state index in [1.165, 1.54) is 10.6 Å². The molecule has 0 N–H and O–H groups in total. The van der Waals surface area contributed by atoms with E-state index in [1.807, 2.05) is 17.0 Å². The minimum atomic E-state index is -4.39. The molecule has 0 spiro atoms. The van der Waals surface area contributed by atoms with Gasteiger partial charge in [-0.05, 0) is 35.7 Å². The Balaban J connectivity index is 1.42. The molecule has 2 heterocycles. The van der Waals surface area contributed by atoms with Crippen molar-refractivity contribution < 1.29 is 18.0 Å². The molecule has 1 amide bonds. The summed E-state index contributed by atoms with van der Waals surface area (Å²) >= 11 is 0. The van der Waals surface area contributed by atoms with Gasteiger partial charge >= 0.3 is 6.18 Å². The van der Waals surface area contributed by atoms with Crippen LogP contribution >= 0.6 is 0 Å². The summed E-state index contributed by atoms with van der Waals surface area (Å²) in [7, 11) is 0. The van der Waals surface area contributed by atoms with Gasteiger partial charge in [-0.2, -0.15) is 13.2 Å². The number of alkyl halides is 3. The number of halogens is 3. The van der Waals surface area contributed by atoms with E-state index >= 15 is 0 Å². The van der Waals surface area contributed by atoms with Crippen molar-refractivity contribution in [2.75, 3.05) is 31.1 Å². The van der Waals surface area contributed by atoms with E-state index in [0.29, 0.717) is 37.3 Å². The lowest BCUT2D eigenvalue weighted by molar-refractivity contribution is -0.137. The highest BCUT2D eigenvalue weighted by Crippen LogP contribution is 2.31. The Hall–Kier alpha value is -3.29. The Labute approximate surface area is 170 Å². The van der Waals surface area contributed by atoms with Crippen molar-refractivity contribution in [1.82, 2.24) is 9.47 Å². The van der Waals surface area contributed by atoms with Crippen LogP contribution in [0.2, 0.25) is 0 Å². The van der Waals surface area contributed by atoms with Crippen molar-refractivity contribution >= 4 is 22.4 Å². The molecule has 0 atom stereocenters. The van der Waals surface area contributed by atoms with Crippen molar-refractivity contribution in [1.29, 1.82) is 0 Å². The third kappa shape index (κ3) is 4.03. The number of anilines is 1. The molecule has 1 aliphatic heterocycles. The number of hydrogen-bond donors (Lipinski definition) is 0. The molecular weight excluding hydrogens is 395 g/mol. The number of piperazine rings is 1. The van der Waals surface area contributed by atoms with Gasteiger partial charge in [0.15, 0.2) is 0 Å². The van der Waals surface area contributed by atoms with Crippen LogP contribution in [-0.2, 0) is 17.5 Å². The number of aromatic nitrogens is 1. The number of carbonyl (C=O) groups excluding carboxylic acids is 1. The Morgan fingerprint density at radius 3 is 2.40 bits per heavy atom. The first-order valence-corrected chi connectivity index (χ1v) is 9.61. The van der Waals surface area contributed by atoms with Crippen molar-refractivity contribution in [3.05, 3.63) is 76.7 Å². The van der Waals surface area contributed by atoms with Gasteiger partial charge in [0, 0.05) is 43.4 Å². The van der Waals surface area contributed by atoms with Crippen LogP contribution in [0.15, 0.2) is 65.6 Å². The zero-order chi connectivity index (χ0) is 21.3. The molecule has 30 heavy (non-hydrogen) atoms. The molecule has 0 bridgehead atoms. The number of hydrogen-bond acceptors (Lipinski definition) is 3. The summed E-state index contributed by atoms with van der Waals surface area (Å²) < 4.78 is 40.2. The number of nitrogens with zero attached hydrogens (tertiary/aromatic N) is 3. The van der Waals surface area contributed by atoms with Gasteiger partial charge in [0.1, 0.15) is 6.54 Å². The molecule has 3 aromatic rings. The second-order valence-corrected chi connectivity index (χ2v) is 7.25. The zero-order valence-electron chi connectivity index (χ0n) is 16.1. The quantitative estimate of drug-likeness (QED) is 0.659. The average Bonchev–Trinajstić information content (AvgIpc) is 2.75. The fraction of sp³-hybridized carbons (Fsp3) is 0.273. The predicted octanol–water partition coefficient (Wildman–Crippen LogP) is 3.37. The molecule has 1 aromatic heterocycles. The van der Waals surface area contributed by atoms with Crippen LogP contribution in [0, 0.1) is 0 Å². The molecule has 1 saturated heterocycles. The van der Waals surface area contributed by atoms with Gasteiger partial charge in [-0.25, -0.2) is 0 Å². The summed E-state index contributed by atoms with van der Waals surface area (Å²) in [5.74, 6) is -0.184. The van der Waals surface area contributed by atoms with Crippen LogP contribution in [0.25, 0.3) is 10.8 Å².